The number of nitrogens with zero attached hydrogens (tertiary/aromatic N) is 4. The molecule has 2 heterocycles. The normalized spacial score (nSPS) is 15.9. The van der Waals surface area contributed by atoms with Gasteiger partial charge in [0.1, 0.15) is 9.04 Å². The number of fused-ring (bicyclic) bond motifs is 1. The highest BCUT2D eigenvalue weighted by atomic mass is 32.2. The second-order valence-corrected chi connectivity index (χ2v) is 11.2. The molecule has 1 aliphatic rings. The summed E-state index contributed by atoms with van der Waals surface area (Å²) >= 11 is 1.43. The van der Waals surface area contributed by atoms with E-state index in [4.69, 9.17) is 10.7 Å². The number of hydrogen-bond donors (Lipinski definition) is 2. The number of aliphatic hydroxyl groups excluding tert-OH is 1. The standard InChI is InChI=1S/C25H29N5O2S2/c1-16(15-28-25(27-2)30(3)12-13-31)20-14-19(17-8-5-4-6-9-17)21-22(26)24(33-23(21)29-20)34(32)18-10-7-11-18/h4-6,8-9,14-15,18,31H,2,7,10-13,26H2,1,3H3/b16-15+,28-25?. The van der Waals surface area contributed by atoms with Gasteiger partial charge in [-0.05, 0) is 49.2 Å². The second-order valence-electron chi connectivity index (χ2n) is 8.30. The molecule has 0 radical (unpaired) electrons. The van der Waals surface area contributed by atoms with Gasteiger partial charge in [0.2, 0.25) is 5.96 Å². The first-order chi connectivity index (χ1) is 16.4. The molecule has 2 aromatic heterocycles. The number of rotatable bonds is 7. The maximum absolute atomic E-state index is 13.2. The molecule has 1 unspecified atom stereocenters. The summed E-state index contributed by atoms with van der Waals surface area (Å²) in [5.41, 5.74) is 10.7. The highest BCUT2D eigenvalue weighted by Crippen LogP contribution is 2.44. The van der Waals surface area contributed by atoms with E-state index >= 15 is 0 Å². The minimum Gasteiger partial charge on any atom is -0.396 e. The predicted molar refractivity (Wildman–Crippen MR) is 144 cm³/mol. The van der Waals surface area contributed by atoms with Crippen LogP contribution in [-0.4, -0.2) is 57.3 Å². The summed E-state index contributed by atoms with van der Waals surface area (Å²) in [7, 11) is 0.680. The van der Waals surface area contributed by atoms with Gasteiger partial charge in [-0.3, -0.25) is 4.21 Å². The molecule has 0 saturated heterocycles. The number of aliphatic hydroxyl groups is 1. The molecular weight excluding hydrogens is 466 g/mol. The Kier molecular flexibility index (Phi) is 7.55. The molecule has 9 heteroatoms. The lowest BCUT2D eigenvalue weighted by atomic mass is 10.00. The summed E-state index contributed by atoms with van der Waals surface area (Å²) in [6.45, 7) is 5.91. The number of nitrogens with two attached hydrogens (primary N) is 1. The van der Waals surface area contributed by atoms with Gasteiger partial charge < -0.3 is 15.7 Å². The molecule has 0 spiro atoms. The Balaban J connectivity index is 1.83. The van der Waals surface area contributed by atoms with Crippen LogP contribution in [0.3, 0.4) is 0 Å². The number of guanidine groups is 1. The van der Waals surface area contributed by atoms with Gasteiger partial charge in [0.05, 0.1) is 28.8 Å². The van der Waals surface area contributed by atoms with Gasteiger partial charge in [-0.2, -0.15) is 0 Å². The lowest BCUT2D eigenvalue weighted by Crippen LogP contribution is -2.27. The molecule has 1 aromatic carbocycles. The van der Waals surface area contributed by atoms with E-state index in [2.05, 4.69) is 16.7 Å². The van der Waals surface area contributed by atoms with E-state index in [9.17, 15) is 9.32 Å². The van der Waals surface area contributed by atoms with Crippen molar-refractivity contribution in [1.29, 1.82) is 0 Å². The van der Waals surface area contributed by atoms with Crippen LogP contribution in [0.2, 0.25) is 0 Å². The fourth-order valence-corrected chi connectivity index (χ4v) is 6.97. The molecule has 4 rings (SSSR count). The molecule has 0 bridgehead atoms. The Hall–Kier alpha value is -2.88. The third-order valence-corrected chi connectivity index (χ3v) is 9.28. The first kappa shape index (κ1) is 24.3. The molecule has 1 fully saturated rings. The molecule has 1 saturated carbocycles. The van der Waals surface area contributed by atoms with Gasteiger partial charge in [-0.25, -0.2) is 15.0 Å². The molecule has 0 aliphatic heterocycles. The average molecular weight is 496 g/mol. The number of benzene rings is 1. The fourth-order valence-electron chi connectivity index (χ4n) is 3.76. The van der Waals surface area contributed by atoms with Crippen molar-refractivity contribution in [2.75, 3.05) is 25.9 Å². The number of hydrogen-bond acceptors (Lipinski definition) is 6. The third-order valence-electron chi connectivity index (χ3n) is 5.98. The van der Waals surface area contributed by atoms with Gasteiger partial charge in [-0.1, -0.05) is 36.8 Å². The number of thiophene rings is 1. The van der Waals surface area contributed by atoms with Gasteiger partial charge in [-0.15, -0.1) is 11.3 Å². The predicted octanol–water partition coefficient (Wildman–Crippen LogP) is 4.55. The lowest BCUT2D eigenvalue weighted by molar-refractivity contribution is 0.263. The van der Waals surface area contributed by atoms with E-state index in [1.165, 1.54) is 11.3 Å². The monoisotopic (exact) mass is 495 g/mol. The minimum absolute atomic E-state index is 0.00322. The Morgan fingerprint density at radius 3 is 2.74 bits per heavy atom. The first-order valence-electron chi connectivity index (χ1n) is 11.2. The van der Waals surface area contributed by atoms with Crippen LogP contribution in [0.25, 0.3) is 26.9 Å². The van der Waals surface area contributed by atoms with Crippen LogP contribution in [0, 0.1) is 0 Å². The molecule has 3 N–H and O–H groups in total. The van der Waals surface area contributed by atoms with Crippen LogP contribution < -0.4 is 5.73 Å². The van der Waals surface area contributed by atoms with Gasteiger partial charge in [0, 0.05) is 30.4 Å². The Bertz CT molecular complexity index is 1280. The van der Waals surface area contributed by atoms with Gasteiger partial charge >= 0.3 is 0 Å². The number of likely N-dealkylation sites (N-methyl/N-ethyl adjacent to an activating group) is 1. The number of allylic oxidation sites excluding steroid dienone is 1. The minimum atomic E-state index is -1.11. The zero-order valence-electron chi connectivity index (χ0n) is 19.4. The molecule has 1 atom stereocenters. The van der Waals surface area contributed by atoms with Crippen LogP contribution >= 0.6 is 11.3 Å². The Morgan fingerprint density at radius 2 is 2.12 bits per heavy atom. The fraction of sp³-hybridized carbons (Fsp3) is 0.320. The summed E-state index contributed by atoms with van der Waals surface area (Å²) < 4.78 is 13.9. The van der Waals surface area contributed by atoms with Crippen LogP contribution in [0.15, 0.2) is 56.8 Å². The smallest absolute Gasteiger partial charge is 0.224 e. The quantitative estimate of drug-likeness (QED) is 0.370. The number of pyridine rings is 1. The summed E-state index contributed by atoms with van der Waals surface area (Å²) in [6.07, 6.45) is 4.78. The maximum atomic E-state index is 13.2. The van der Waals surface area contributed by atoms with Crippen LogP contribution in [0.5, 0.6) is 0 Å². The van der Waals surface area contributed by atoms with Crippen LogP contribution in [0.1, 0.15) is 31.9 Å². The van der Waals surface area contributed by atoms with Gasteiger partial charge in [0.15, 0.2) is 0 Å². The molecule has 3 aromatic rings. The van der Waals surface area contributed by atoms with Crippen molar-refractivity contribution in [2.24, 2.45) is 9.98 Å². The van der Waals surface area contributed by atoms with E-state index in [1.54, 1.807) is 18.1 Å². The van der Waals surface area contributed by atoms with Crippen molar-refractivity contribution >= 4 is 56.3 Å². The van der Waals surface area contributed by atoms with E-state index in [0.29, 0.717) is 18.2 Å². The highest BCUT2D eigenvalue weighted by Gasteiger charge is 2.29. The Labute approximate surface area is 206 Å². The largest absolute Gasteiger partial charge is 0.396 e. The van der Waals surface area contributed by atoms with Crippen molar-refractivity contribution in [2.45, 2.75) is 35.6 Å². The van der Waals surface area contributed by atoms with E-state index in [0.717, 1.165) is 56.1 Å². The number of aromatic nitrogens is 1. The summed E-state index contributed by atoms with van der Waals surface area (Å²) in [5, 5.41) is 10.2. The Morgan fingerprint density at radius 1 is 1.38 bits per heavy atom. The average Bonchev–Trinajstić information content (AvgIpc) is 3.15. The zero-order chi connectivity index (χ0) is 24.2. The molecular formula is C25H29N5O2S2. The van der Waals surface area contributed by atoms with Crippen molar-refractivity contribution in [3.05, 3.63) is 48.3 Å². The van der Waals surface area contributed by atoms with Crippen LogP contribution in [-0.2, 0) is 10.8 Å². The van der Waals surface area contributed by atoms with Crippen molar-refractivity contribution in [3.63, 3.8) is 0 Å². The highest BCUT2D eigenvalue weighted by molar-refractivity contribution is 7.88. The zero-order valence-corrected chi connectivity index (χ0v) is 21.0. The molecule has 34 heavy (non-hydrogen) atoms. The van der Waals surface area contributed by atoms with E-state index in [-0.39, 0.29) is 11.9 Å². The SMILES string of the molecule is C=NC(=N/C=C(\C)c1cc(-c2ccccc2)c2c(N)c(S(=O)C3CCC3)sc2n1)N(C)CCO. The summed E-state index contributed by atoms with van der Waals surface area (Å²) in [5.74, 6) is 0.413. The first-order valence-corrected chi connectivity index (χ1v) is 13.2. The van der Waals surface area contributed by atoms with Gasteiger partial charge in [0.25, 0.3) is 0 Å². The second kappa shape index (κ2) is 10.6. The summed E-state index contributed by atoms with van der Waals surface area (Å²) in [6, 6.07) is 12.0. The number of aliphatic imine (C=N–C) groups is 2. The summed E-state index contributed by atoms with van der Waals surface area (Å²) in [4.78, 5) is 15.8. The van der Waals surface area contributed by atoms with Crippen molar-refractivity contribution in [1.82, 2.24) is 9.88 Å². The van der Waals surface area contributed by atoms with Crippen LogP contribution in [0.4, 0.5) is 5.69 Å². The molecule has 7 nitrogen and oxygen atoms in total. The van der Waals surface area contributed by atoms with E-state index in [1.807, 2.05) is 43.3 Å². The van der Waals surface area contributed by atoms with E-state index < -0.39 is 10.8 Å². The molecule has 0 amide bonds. The number of anilines is 1. The third kappa shape index (κ3) is 4.82. The maximum Gasteiger partial charge on any atom is 0.224 e. The van der Waals surface area contributed by atoms with Crippen molar-refractivity contribution in [3.8, 4) is 11.1 Å². The lowest BCUT2D eigenvalue weighted by Gasteiger charge is -2.23. The number of nitrogen functional groups attached to an aromatic ring is 1. The topological polar surface area (TPSA) is 104 Å². The molecule has 178 valence electrons. The van der Waals surface area contributed by atoms with Crippen molar-refractivity contribution < 1.29 is 9.32 Å². The molecule has 1 aliphatic carbocycles.